The van der Waals surface area contributed by atoms with Crippen LogP contribution in [0.15, 0.2) is 42.0 Å². The van der Waals surface area contributed by atoms with E-state index in [0.717, 1.165) is 5.56 Å². The van der Waals surface area contributed by atoms with Gasteiger partial charge in [-0.25, -0.2) is 0 Å². The zero-order valence-corrected chi connectivity index (χ0v) is 14.9. The molecule has 0 heterocycles. The summed E-state index contributed by atoms with van der Waals surface area (Å²) in [6, 6.07) is 8.67. The summed E-state index contributed by atoms with van der Waals surface area (Å²) in [7, 11) is 1.52. The molecular weight excluding hydrogens is 320 g/mol. The maximum atomic E-state index is 12.6. The molecule has 0 aliphatic heterocycles. The molecule has 0 fully saturated rings. The van der Waals surface area contributed by atoms with Crippen LogP contribution in [-0.4, -0.2) is 36.0 Å². The molecule has 0 aromatic heterocycles. The SMILES string of the molecule is CNC(=O)[C@H](Cc1ccccc1)NC(=O)C(=CCC(=O)O)CC(C)C. The Morgan fingerprint density at radius 2 is 1.80 bits per heavy atom. The first kappa shape index (κ1) is 20.4. The maximum absolute atomic E-state index is 12.6. The lowest BCUT2D eigenvalue weighted by Gasteiger charge is -2.19. The van der Waals surface area contributed by atoms with Crippen LogP contribution >= 0.6 is 0 Å². The molecule has 0 unspecified atom stereocenters. The van der Waals surface area contributed by atoms with E-state index in [1.807, 2.05) is 44.2 Å². The normalized spacial score (nSPS) is 12.6. The van der Waals surface area contributed by atoms with Crippen molar-refractivity contribution in [3.05, 3.63) is 47.5 Å². The van der Waals surface area contributed by atoms with Crippen molar-refractivity contribution in [2.24, 2.45) is 5.92 Å². The Balaban J connectivity index is 2.91. The maximum Gasteiger partial charge on any atom is 0.307 e. The van der Waals surface area contributed by atoms with E-state index < -0.39 is 17.9 Å². The number of carbonyl (C=O) groups is 3. The van der Waals surface area contributed by atoms with Gasteiger partial charge in [-0.05, 0) is 17.9 Å². The van der Waals surface area contributed by atoms with Gasteiger partial charge in [-0.3, -0.25) is 14.4 Å². The highest BCUT2D eigenvalue weighted by Crippen LogP contribution is 2.13. The van der Waals surface area contributed by atoms with E-state index in [4.69, 9.17) is 5.11 Å². The second-order valence-corrected chi connectivity index (χ2v) is 6.26. The average molecular weight is 346 g/mol. The van der Waals surface area contributed by atoms with E-state index in [1.165, 1.54) is 13.1 Å². The van der Waals surface area contributed by atoms with Crippen LogP contribution in [-0.2, 0) is 20.8 Å². The van der Waals surface area contributed by atoms with Crippen molar-refractivity contribution >= 4 is 17.8 Å². The summed E-state index contributed by atoms with van der Waals surface area (Å²) in [5, 5.41) is 14.1. The molecule has 1 rings (SSSR count). The summed E-state index contributed by atoms with van der Waals surface area (Å²) in [6.45, 7) is 3.89. The summed E-state index contributed by atoms with van der Waals surface area (Å²) in [6.07, 6.45) is 2.00. The number of hydrogen-bond acceptors (Lipinski definition) is 3. The number of aliphatic carboxylic acids is 1. The van der Waals surface area contributed by atoms with Crippen LogP contribution < -0.4 is 10.6 Å². The highest BCUT2D eigenvalue weighted by molar-refractivity contribution is 5.97. The first-order valence-electron chi connectivity index (χ1n) is 8.30. The van der Waals surface area contributed by atoms with Crippen LogP contribution in [0.2, 0.25) is 0 Å². The Hall–Kier alpha value is -2.63. The molecule has 0 radical (unpaired) electrons. The molecule has 0 saturated heterocycles. The van der Waals surface area contributed by atoms with E-state index >= 15 is 0 Å². The lowest BCUT2D eigenvalue weighted by Crippen LogP contribution is -2.47. The van der Waals surface area contributed by atoms with E-state index in [-0.39, 0.29) is 18.2 Å². The monoisotopic (exact) mass is 346 g/mol. The zero-order chi connectivity index (χ0) is 18.8. The van der Waals surface area contributed by atoms with Gasteiger partial charge in [0.2, 0.25) is 11.8 Å². The minimum absolute atomic E-state index is 0.193. The fraction of sp³-hybridized carbons (Fsp3) is 0.421. The number of benzene rings is 1. The predicted octanol–water partition coefficient (Wildman–Crippen LogP) is 1.91. The van der Waals surface area contributed by atoms with Crippen LogP contribution in [0.1, 0.15) is 32.3 Å². The van der Waals surface area contributed by atoms with Crippen LogP contribution in [0.25, 0.3) is 0 Å². The van der Waals surface area contributed by atoms with Gasteiger partial charge in [-0.15, -0.1) is 0 Å². The molecule has 1 atom stereocenters. The lowest BCUT2D eigenvalue weighted by molar-refractivity contribution is -0.136. The first-order valence-corrected chi connectivity index (χ1v) is 8.30. The Morgan fingerprint density at radius 3 is 2.32 bits per heavy atom. The third kappa shape index (κ3) is 7.65. The van der Waals surface area contributed by atoms with E-state index in [1.54, 1.807) is 0 Å². The van der Waals surface area contributed by atoms with Gasteiger partial charge in [0.1, 0.15) is 6.04 Å². The highest BCUT2D eigenvalue weighted by Gasteiger charge is 2.22. The van der Waals surface area contributed by atoms with Gasteiger partial charge in [0, 0.05) is 19.0 Å². The van der Waals surface area contributed by atoms with E-state index in [9.17, 15) is 14.4 Å². The standard InChI is InChI=1S/C19H26N2O4/c1-13(2)11-15(9-10-17(22)23)18(24)21-16(19(25)20-3)12-14-7-5-4-6-8-14/h4-9,13,16H,10-12H2,1-3H3,(H,20,25)(H,21,24)(H,22,23)/t16-/m0/s1. The third-order valence-electron chi connectivity index (χ3n) is 3.59. The minimum atomic E-state index is -0.999. The molecule has 0 aliphatic rings. The van der Waals surface area contributed by atoms with Gasteiger partial charge >= 0.3 is 5.97 Å². The number of rotatable bonds is 9. The van der Waals surface area contributed by atoms with Crippen LogP contribution in [0.3, 0.4) is 0 Å². The molecule has 3 N–H and O–H groups in total. The van der Waals surface area contributed by atoms with Crippen molar-refractivity contribution in [2.75, 3.05) is 7.05 Å². The van der Waals surface area contributed by atoms with Crippen LogP contribution in [0.5, 0.6) is 0 Å². The fourth-order valence-electron chi connectivity index (χ4n) is 2.40. The molecule has 6 nitrogen and oxygen atoms in total. The van der Waals surface area contributed by atoms with Crippen LogP contribution in [0.4, 0.5) is 0 Å². The molecule has 0 aliphatic carbocycles. The number of amides is 2. The number of hydrogen-bond donors (Lipinski definition) is 3. The van der Waals surface area contributed by atoms with Crippen molar-refractivity contribution in [1.82, 2.24) is 10.6 Å². The number of carboxylic acid groups (broad SMARTS) is 1. The molecule has 0 saturated carbocycles. The van der Waals surface area contributed by atoms with Gasteiger partial charge in [0.15, 0.2) is 0 Å². The van der Waals surface area contributed by atoms with Crippen molar-refractivity contribution in [3.63, 3.8) is 0 Å². The second kappa shape index (κ2) is 10.3. The van der Waals surface area contributed by atoms with Gasteiger partial charge in [-0.2, -0.15) is 0 Å². The first-order chi connectivity index (χ1) is 11.8. The van der Waals surface area contributed by atoms with Crippen LogP contribution in [0, 0.1) is 5.92 Å². The van der Waals surface area contributed by atoms with Crippen molar-refractivity contribution in [1.29, 1.82) is 0 Å². The van der Waals surface area contributed by atoms with E-state index in [2.05, 4.69) is 10.6 Å². The Kier molecular flexibility index (Phi) is 8.39. The highest BCUT2D eigenvalue weighted by atomic mass is 16.4. The van der Waals surface area contributed by atoms with Crippen molar-refractivity contribution in [2.45, 2.75) is 39.2 Å². The molecule has 6 heteroatoms. The van der Waals surface area contributed by atoms with Gasteiger partial charge in [-0.1, -0.05) is 50.3 Å². The predicted molar refractivity (Wildman–Crippen MR) is 95.9 cm³/mol. The summed E-state index contributed by atoms with van der Waals surface area (Å²) in [5.74, 6) is -1.50. The van der Waals surface area contributed by atoms with E-state index in [0.29, 0.717) is 18.4 Å². The third-order valence-corrected chi connectivity index (χ3v) is 3.59. The van der Waals surface area contributed by atoms with Gasteiger partial charge in [0.25, 0.3) is 0 Å². The number of carbonyl (C=O) groups excluding carboxylic acids is 2. The average Bonchev–Trinajstić information content (AvgIpc) is 2.57. The lowest BCUT2D eigenvalue weighted by atomic mass is 10.00. The van der Waals surface area contributed by atoms with Gasteiger partial charge < -0.3 is 15.7 Å². The second-order valence-electron chi connectivity index (χ2n) is 6.26. The Bertz CT molecular complexity index is 624. The molecule has 1 aromatic rings. The van der Waals surface area contributed by atoms with Gasteiger partial charge in [0.05, 0.1) is 6.42 Å². The topological polar surface area (TPSA) is 95.5 Å². The number of likely N-dealkylation sites (N-methyl/N-ethyl adjacent to an activating group) is 1. The van der Waals surface area contributed by atoms with Crippen molar-refractivity contribution in [3.8, 4) is 0 Å². The summed E-state index contributed by atoms with van der Waals surface area (Å²) >= 11 is 0. The fourth-order valence-corrected chi connectivity index (χ4v) is 2.40. The number of carboxylic acids is 1. The quantitative estimate of drug-likeness (QED) is 0.595. The largest absolute Gasteiger partial charge is 0.481 e. The van der Waals surface area contributed by atoms with Crippen molar-refractivity contribution < 1.29 is 19.5 Å². The summed E-state index contributed by atoms with van der Waals surface area (Å²) in [4.78, 5) is 35.5. The number of nitrogens with one attached hydrogen (secondary N) is 2. The molecular formula is C19H26N2O4. The molecule has 1 aromatic carbocycles. The molecule has 136 valence electrons. The summed E-state index contributed by atoms with van der Waals surface area (Å²) < 4.78 is 0. The zero-order valence-electron chi connectivity index (χ0n) is 14.9. The Labute approximate surface area is 148 Å². The molecule has 25 heavy (non-hydrogen) atoms. The smallest absolute Gasteiger partial charge is 0.307 e. The molecule has 0 spiro atoms. The molecule has 0 bridgehead atoms. The Morgan fingerprint density at radius 1 is 1.16 bits per heavy atom. The minimum Gasteiger partial charge on any atom is -0.481 e. The molecule has 2 amide bonds. The summed E-state index contributed by atoms with van der Waals surface area (Å²) in [5.41, 5.74) is 1.32.